The Balaban J connectivity index is 1.45. The minimum Gasteiger partial charge on any atom is -0.497 e. The molecule has 3 aromatic rings. The lowest BCUT2D eigenvalue weighted by atomic mass is 10.1. The van der Waals surface area contributed by atoms with Gasteiger partial charge in [-0.2, -0.15) is 0 Å². The standard InChI is InChI=1S/C21H23N3O3/c1-15-9-11-16(12-10-15)5-3-8-19(25)22-14-20-23-24-21(27-20)17-6-4-7-18(13-17)26-2/h4,6-7,9-13H,3,5,8,14H2,1-2H3,(H,22,25). The molecule has 1 heterocycles. The third-order valence-electron chi connectivity index (χ3n) is 4.21. The average molecular weight is 365 g/mol. The van der Waals surface area contributed by atoms with E-state index in [2.05, 4.69) is 46.7 Å². The van der Waals surface area contributed by atoms with Crippen molar-refractivity contribution in [2.45, 2.75) is 32.7 Å². The lowest BCUT2D eigenvalue weighted by Crippen LogP contribution is -2.22. The van der Waals surface area contributed by atoms with Crippen LogP contribution in [0.4, 0.5) is 0 Å². The van der Waals surface area contributed by atoms with Gasteiger partial charge in [-0.15, -0.1) is 10.2 Å². The van der Waals surface area contributed by atoms with E-state index >= 15 is 0 Å². The third kappa shape index (κ3) is 5.41. The summed E-state index contributed by atoms with van der Waals surface area (Å²) in [6.45, 7) is 2.29. The van der Waals surface area contributed by atoms with Gasteiger partial charge in [0.15, 0.2) is 0 Å². The maximum absolute atomic E-state index is 12.0. The monoisotopic (exact) mass is 365 g/mol. The zero-order chi connectivity index (χ0) is 19.1. The number of aromatic nitrogens is 2. The molecule has 0 aliphatic carbocycles. The Bertz CT molecular complexity index is 888. The predicted octanol–water partition coefficient (Wildman–Crippen LogP) is 3.69. The predicted molar refractivity (Wildman–Crippen MR) is 102 cm³/mol. The van der Waals surface area contributed by atoms with Crippen molar-refractivity contribution in [3.8, 4) is 17.2 Å². The number of aryl methyl sites for hydroxylation is 2. The summed E-state index contributed by atoms with van der Waals surface area (Å²) < 4.78 is 10.8. The zero-order valence-electron chi connectivity index (χ0n) is 15.6. The maximum atomic E-state index is 12.0. The molecule has 0 fully saturated rings. The minimum absolute atomic E-state index is 0.0248. The topological polar surface area (TPSA) is 77.3 Å². The molecular formula is C21H23N3O3. The van der Waals surface area contributed by atoms with Crippen molar-refractivity contribution in [3.63, 3.8) is 0 Å². The molecule has 3 rings (SSSR count). The van der Waals surface area contributed by atoms with Crippen molar-refractivity contribution in [2.24, 2.45) is 0 Å². The van der Waals surface area contributed by atoms with Gasteiger partial charge >= 0.3 is 0 Å². The Morgan fingerprint density at radius 3 is 2.74 bits per heavy atom. The SMILES string of the molecule is COc1cccc(-c2nnc(CNC(=O)CCCc3ccc(C)cc3)o2)c1. The van der Waals surface area contributed by atoms with Crippen LogP contribution in [0, 0.1) is 6.92 Å². The number of rotatable bonds is 8. The van der Waals surface area contributed by atoms with Gasteiger partial charge in [0, 0.05) is 12.0 Å². The summed E-state index contributed by atoms with van der Waals surface area (Å²) >= 11 is 0. The van der Waals surface area contributed by atoms with Crippen molar-refractivity contribution in [2.75, 3.05) is 7.11 Å². The van der Waals surface area contributed by atoms with Gasteiger partial charge in [-0.05, 0) is 43.5 Å². The van der Waals surface area contributed by atoms with Crippen LogP contribution < -0.4 is 10.1 Å². The molecule has 0 atom stereocenters. The second-order valence-electron chi connectivity index (χ2n) is 6.35. The molecule has 0 radical (unpaired) electrons. The Kier molecular flexibility index (Phi) is 6.20. The van der Waals surface area contributed by atoms with Gasteiger partial charge in [0.1, 0.15) is 5.75 Å². The number of methoxy groups -OCH3 is 1. The van der Waals surface area contributed by atoms with Crippen LogP contribution in [0.3, 0.4) is 0 Å². The van der Waals surface area contributed by atoms with E-state index in [1.807, 2.05) is 24.3 Å². The lowest BCUT2D eigenvalue weighted by molar-refractivity contribution is -0.121. The van der Waals surface area contributed by atoms with Gasteiger partial charge in [0.25, 0.3) is 0 Å². The normalized spacial score (nSPS) is 10.6. The van der Waals surface area contributed by atoms with Gasteiger partial charge in [-0.3, -0.25) is 4.79 Å². The molecule has 0 saturated carbocycles. The highest BCUT2D eigenvalue weighted by molar-refractivity contribution is 5.75. The first-order chi connectivity index (χ1) is 13.1. The quantitative estimate of drug-likeness (QED) is 0.659. The number of nitrogens with zero attached hydrogens (tertiary/aromatic N) is 2. The van der Waals surface area contributed by atoms with Crippen LogP contribution in [0.15, 0.2) is 52.9 Å². The van der Waals surface area contributed by atoms with Crippen LogP contribution in [-0.2, 0) is 17.8 Å². The number of carbonyl (C=O) groups excluding carboxylic acids is 1. The van der Waals surface area contributed by atoms with Gasteiger partial charge in [0.2, 0.25) is 17.7 Å². The second-order valence-corrected chi connectivity index (χ2v) is 6.35. The number of ether oxygens (including phenoxy) is 1. The lowest BCUT2D eigenvalue weighted by Gasteiger charge is -2.04. The van der Waals surface area contributed by atoms with Gasteiger partial charge in [0.05, 0.1) is 13.7 Å². The number of nitrogens with one attached hydrogen (secondary N) is 1. The van der Waals surface area contributed by atoms with E-state index in [0.717, 1.165) is 18.4 Å². The van der Waals surface area contributed by atoms with Crippen LogP contribution in [0.2, 0.25) is 0 Å². The minimum atomic E-state index is -0.0248. The highest BCUT2D eigenvalue weighted by Crippen LogP contribution is 2.22. The van der Waals surface area contributed by atoms with E-state index in [-0.39, 0.29) is 12.5 Å². The first-order valence-corrected chi connectivity index (χ1v) is 8.93. The van der Waals surface area contributed by atoms with E-state index in [1.165, 1.54) is 11.1 Å². The number of amides is 1. The molecule has 6 heteroatoms. The molecule has 0 aliphatic heterocycles. The summed E-state index contributed by atoms with van der Waals surface area (Å²) in [7, 11) is 1.60. The molecule has 140 valence electrons. The molecule has 27 heavy (non-hydrogen) atoms. The van der Waals surface area contributed by atoms with E-state index < -0.39 is 0 Å². The van der Waals surface area contributed by atoms with Crippen LogP contribution in [0.1, 0.15) is 29.9 Å². The van der Waals surface area contributed by atoms with Gasteiger partial charge in [-0.25, -0.2) is 0 Å². The Labute approximate surface area is 158 Å². The summed E-state index contributed by atoms with van der Waals surface area (Å²) in [5.74, 6) is 1.47. The number of hydrogen-bond acceptors (Lipinski definition) is 5. The fourth-order valence-corrected chi connectivity index (χ4v) is 2.67. The third-order valence-corrected chi connectivity index (χ3v) is 4.21. The van der Waals surface area contributed by atoms with E-state index in [1.54, 1.807) is 7.11 Å². The average Bonchev–Trinajstić information content (AvgIpc) is 3.17. The Hall–Kier alpha value is -3.15. The zero-order valence-corrected chi connectivity index (χ0v) is 15.6. The largest absolute Gasteiger partial charge is 0.497 e. The molecule has 1 amide bonds. The van der Waals surface area contributed by atoms with E-state index in [4.69, 9.17) is 9.15 Å². The first kappa shape index (κ1) is 18.6. The first-order valence-electron chi connectivity index (χ1n) is 8.93. The smallest absolute Gasteiger partial charge is 0.247 e. The molecule has 1 aromatic heterocycles. The summed E-state index contributed by atoms with van der Waals surface area (Å²) in [5, 5.41) is 10.8. The summed E-state index contributed by atoms with van der Waals surface area (Å²) in [6, 6.07) is 15.8. The fraction of sp³-hybridized carbons (Fsp3) is 0.286. The maximum Gasteiger partial charge on any atom is 0.247 e. The number of carbonyl (C=O) groups is 1. The van der Waals surface area contributed by atoms with Crippen LogP contribution in [-0.4, -0.2) is 23.2 Å². The van der Waals surface area contributed by atoms with Crippen molar-refractivity contribution in [1.29, 1.82) is 0 Å². The molecule has 0 saturated heterocycles. The molecular weight excluding hydrogens is 342 g/mol. The molecule has 0 spiro atoms. The van der Waals surface area contributed by atoms with E-state index in [9.17, 15) is 4.79 Å². The summed E-state index contributed by atoms with van der Waals surface area (Å²) in [6.07, 6.45) is 2.15. The summed E-state index contributed by atoms with van der Waals surface area (Å²) in [4.78, 5) is 12.0. The van der Waals surface area contributed by atoms with Crippen LogP contribution in [0.25, 0.3) is 11.5 Å². The molecule has 0 unspecified atom stereocenters. The Morgan fingerprint density at radius 2 is 1.96 bits per heavy atom. The molecule has 0 aliphatic rings. The van der Waals surface area contributed by atoms with Crippen LogP contribution in [0.5, 0.6) is 5.75 Å². The molecule has 6 nitrogen and oxygen atoms in total. The highest BCUT2D eigenvalue weighted by Gasteiger charge is 2.10. The van der Waals surface area contributed by atoms with E-state index in [0.29, 0.717) is 24.0 Å². The van der Waals surface area contributed by atoms with Crippen molar-refractivity contribution >= 4 is 5.91 Å². The summed E-state index contributed by atoms with van der Waals surface area (Å²) in [5.41, 5.74) is 3.26. The van der Waals surface area contributed by atoms with Crippen molar-refractivity contribution < 1.29 is 13.9 Å². The fourth-order valence-electron chi connectivity index (χ4n) is 2.67. The number of benzene rings is 2. The number of hydrogen-bond donors (Lipinski definition) is 1. The second kappa shape index (κ2) is 8.98. The van der Waals surface area contributed by atoms with Crippen LogP contribution >= 0.6 is 0 Å². The molecule has 0 bridgehead atoms. The van der Waals surface area contributed by atoms with Crippen molar-refractivity contribution in [1.82, 2.24) is 15.5 Å². The van der Waals surface area contributed by atoms with Crippen molar-refractivity contribution in [3.05, 3.63) is 65.5 Å². The molecule has 1 N–H and O–H groups in total. The highest BCUT2D eigenvalue weighted by atomic mass is 16.5. The van der Waals surface area contributed by atoms with Gasteiger partial charge in [-0.1, -0.05) is 35.9 Å². The molecule has 2 aromatic carbocycles. The van der Waals surface area contributed by atoms with Gasteiger partial charge < -0.3 is 14.5 Å². The Morgan fingerprint density at radius 1 is 1.15 bits per heavy atom.